The molecule has 1 atom stereocenters. The first kappa shape index (κ1) is 30.8. The SMILES string of the molecule is CC(C)(C)OC(=O)[C@H](CNC(=O)c1cc(N2CCC(Nc3ncccn3)CC2)ccc1F)NS(=O)(=O)c1ccccc1. The predicted octanol–water partition coefficient (Wildman–Crippen LogP) is 3.12. The Morgan fingerprint density at radius 2 is 1.71 bits per heavy atom. The molecule has 11 nitrogen and oxygen atoms in total. The first-order chi connectivity index (χ1) is 19.9. The highest BCUT2D eigenvalue weighted by Gasteiger charge is 2.31. The van der Waals surface area contributed by atoms with Crippen LogP contribution in [0.4, 0.5) is 16.0 Å². The van der Waals surface area contributed by atoms with Crippen molar-refractivity contribution in [2.75, 3.05) is 29.9 Å². The van der Waals surface area contributed by atoms with Gasteiger partial charge in [0.2, 0.25) is 16.0 Å². The zero-order valence-corrected chi connectivity index (χ0v) is 24.5. The summed E-state index contributed by atoms with van der Waals surface area (Å²) in [6, 6.07) is 12.3. The van der Waals surface area contributed by atoms with Gasteiger partial charge in [-0.1, -0.05) is 18.2 Å². The molecule has 0 saturated carbocycles. The van der Waals surface area contributed by atoms with E-state index in [0.717, 1.165) is 12.8 Å². The number of hydrogen-bond acceptors (Lipinski definition) is 9. The van der Waals surface area contributed by atoms with Gasteiger partial charge in [0.05, 0.1) is 10.5 Å². The molecule has 1 aliphatic rings. The monoisotopic (exact) mass is 598 g/mol. The fourth-order valence-electron chi connectivity index (χ4n) is 4.41. The molecule has 13 heteroatoms. The second-order valence-corrected chi connectivity index (χ2v) is 12.6. The minimum Gasteiger partial charge on any atom is -0.459 e. The molecule has 1 aromatic heterocycles. The van der Waals surface area contributed by atoms with Crippen LogP contribution in [-0.2, 0) is 19.6 Å². The maximum absolute atomic E-state index is 14.8. The summed E-state index contributed by atoms with van der Waals surface area (Å²) in [5.41, 5.74) is -0.460. The number of benzene rings is 2. The number of ether oxygens (including phenoxy) is 1. The molecule has 2 heterocycles. The first-order valence-electron chi connectivity index (χ1n) is 13.6. The Hall–Kier alpha value is -4.10. The van der Waals surface area contributed by atoms with Crippen LogP contribution in [0.3, 0.4) is 0 Å². The number of rotatable bonds is 10. The van der Waals surface area contributed by atoms with E-state index in [1.54, 1.807) is 63.5 Å². The van der Waals surface area contributed by atoms with E-state index < -0.39 is 45.9 Å². The lowest BCUT2D eigenvalue weighted by Crippen LogP contribution is -2.50. The van der Waals surface area contributed by atoms with E-state index in [0.29, 0.717) is 24.7 Å². The molecule has 0 unspecified atom stereocenters. The van der Waals surface area contributed by atoms with E-state index >= 15 is 0 Å². The smallest absolute Gasteiger partial charge is 0.326 e. The van der Waals surface area contributed by atoms with Gasteiger partial charge in [-0.25, -0.2) is 22.8 Å². The van der Waals surface area contributed by atoms with Crippen molar-refractivity contribution in [2.24, 2.45) is 0 Å². The highest BCUT2D eigenvalue weighted by atomic mass is 32.2. The molecular formula is C29H35FN6O5S. The van der Waals surface area contributed by atoms with Gasteiger partial charge in [0.15, 0.2) is 0 Å². The molecule has 3 aromatic rings. The van der Waals surface area contributed by atoms with E-state index in [9.17, 15) is 22.4 Å². The van der Waals surface area contributed by atoms with Crippen molar-refractivity contribution in [3.63, 3.8) is 0 Å². The van der Waals surface area contributed by atoms with E-state index in [1.807, 2.05) is 0 Å². The van der Waals surface area contributed by atoms with E-state index in [1.165, 1.54) is 24.3 Å². The summed E-state index contributed by atoms with van der Waals surface area (Å²) in [7, 11) is -4.12. The molecule has 1 amide bonds. The molecule has 0 spiro atoms. The first-order valence-corrected chi connectivity index (χ1v) is 15.1. The number of nitrogens with one attached hydrogen (secondary N) is 3. The number of halogens is 1. The molecule has 1 aliphatic heterocycles. The van der Waals surface area contributed by atoms with E-state index in [2.05, 4.69) is 30.2 Å². The van der Waals surface area contributed by atoms with Gasteiger partial charge in [0, 0.05) is 43.8 Å². The second kappa shape index (κ2) is 13.3. The van der Waals surface area contributed by atoms with Crippen LogP contribution >= 0.6 is 0 Å². The van der Waals surface area contributed by atoms with Crippen molar-refractivity contribution >= 4 is 33.5 Å². The Bertz CT molecular complexity index is 1480. The minimum atomic E-state index is -4.12. The molecule has 3 N–H and O–H groups in total. The van der Waals surface area contributed by atoms with Crippen LogP contribution < -0.4 is 20.3 Å². The highest BCUT2D eigenvalue weighted by molar-refractivity contribution is 7.89. The highest BCUT2D eigenvalue weighted by Crippen LogP contribution is 2.24. The second-order valence-electron chi connectivity index (χ2n) is 10.9. The molecule has 0 aliphatic carbocycles. The average molecular weight is 599 g/mol. The number of esters is 1. The third-order valence-corrected chi connectivity index (χ3v) is 7.95. The van der Waals surface area contributed by atoms with Crippen molar-refractivity contribution in [1.82, 2.24) is 20.0 Å². The zero-order valence-electron chi connectivity index (χ0n) is 23.7. The van der Waals surface area contributed by atoms with Crippen molar-refractivity contribution < 1.29 is 27.1 Å². The van der Waals surface area contributed by atoms with Crippen LogP contribution in [0.1, 0.15) is 44.0 Å². The third kappa shape index (κ3) is 8.46. The summed E-state index contributed by atoms with van der Waals surface area (Å²) in [4.78, 5) is 36.4. The standard InChI is InChI=1S/C29H35FN6O5S/c1-29(2,3)41-27(38)25(35-42(39,40)22-8-5-4-6-9-22)19-33-26(37)23-18-21(10-11-24(23)30)36-16-12-20(13-17-36)34-28-31-14-7-15-32-28/h4-11,14-15,18,20,25,35H,12-13,16-17,19H2,1-3H3,(H,33,37)(H,31,32,34)/t25-/m0/s1. The van der Waals surface area contributed by atoms with Gasteiger partial charge in [-0.2, -0.15) is 4.72 Å². The molecule has 4 rings (SSSR count). The predicted molar refractivity (Wildman–Crippen MR) is 156 cm³/mol. The van der Waals surface area contributed by atoms with Gasteiger partial charge >= 0.3 is 5.97 Å². The normalized spacial score (nSPS) is 15.1. The number of carbonyl (C=O) groups excluding carboxylic acids is 2. The molecular weight excluding hydrogens is 563 g/mol. The van der Waals surface area contributed by atoms with Crippen LogP contribution in [0.25, 0.3) is 0 Å². The van der Waals surface area contributed by atoms with Crippen LogP contribution in [0.2, 0.25) is 0 Å². The number of anilines is 2. The minimum absolute atomic E-state index is 0.0566. The van der Waals surface area contributed by atoms with Gasteiger partial charge in [0.1, 0.15) is 17.5 Å². The van der Waals surface area contributed by atoms with Crippen LogP contribution in [-0.4, -0.2) is 67.6 Å². The summed E-state index contributed by atoms with van der Waals surface area (Å²) in [5.74, 6) is -1.85. The quantitative estimate of drug-likeness (QED) is 0.300. The summed E-state index contributed by atoms with van der Waals surface area (Å²) >= 11 is 0. The molecule has 1 fully saturated rings. The van der Waals surface area contributed by atoms with Crippen LogP contribution in [0.5, 0.6) is 0 Å². The van der Waals surface area contributed by atoms with Gasteiger partial charge in [-0.3, -0.25) is 9.59 Å². The fraction of sp³-hybridized carbons (Fsp3) is 0.379. The molecule has 42 heavy (non-hydrogen) atoms. The number of piperidine rings is 1. The molecule has 2 aromatic carbocycles. The topological polar surface area (TPSA) is 143 Å². The summed E-state index contributed by atoms with van der Waals surface area (Å²) in [5, 5.41) is 5.80. The van der Waals surface area contributed by atoms with E-state index in [4.69, 9.17) is 4.74 Å². The van der Waals surface area contributed by atoms with Gasteiger partial charge in [-0.15, -0.1) is 0 Å². The summed E-state index contributed by atoms with van der Waals surface area (Å²) in [6.07, 6.45) is 4.92. The number of aromatic nitrogens is 2. The average Bonchev–Trinajstić information content (AvgIpc) is 2.96. The number of amides is 1. The third-order valence-electron chi connectivity index (χ3n) is 6.46. The van der Waals surface area contributed by atoms with Crippen LogP contribution in [0, 0.1) is 5.82 Å². The maximum atomic E-state index is 14.8. The fourth-order valence-corrected chi connectivity index (χ4v) is 5.62. The number of nitrogens with zero attached hydrogens (tertiary/aromatic N) is 3. The largest absolute Gasteiger partial charge is 0.459 e. The lowest BCUT2D eigenvalue weighted by atomic mass is 10.0. The molecule has 0 radical (unpaired) electrons. The van der Waals surface area contributed by atoms with Gasteiger partial charge in [0.25, 0.3) is 5.91 Å². The Balaban J connectivity index is 1.42. The van der Waals surface area contributed by atoms with Crippen molar-refractivity contribution in [3.8, 4) is 0 Å². The van der Waals surface area contributed by atoms with Gasteiger partial charge < -0.3 is 20.3 Å². The number of hydrogen-bond donors (Lipinski definition) is 3. The zero-order chi connectivity index (χ0) is 30.3. The van der Waals surface area contributed by atoms with E-state index in [-0.39, 0.29) is 16.5 Å². The molecule has 1 saturated heterocycles. The van der Waals surface area contributed by atoms with Crippen molar-refractivity contribution in [1.29, 1.82) is 0 Å². The molecule has 0 bridgehead atoms. The lowest BCUT2D eigenvalue weighted by Gasteiger charge is -2.34. The Labute approximate surface area is 244 Å². The summed E-state index contributed by atoms with van der Waals surface area (Å²) in [6.45, 7) is 5.80. The number of sulfonamides is 1. The van der Waals surface area contributed by atoms with Crippen LogP contribution in [0.15, 0.2) is 71.9 Å². The Morgan fingerprint density at radius 1 is 1.05 bits per heavy atom. The number of carbonyl (C=O) groups is 2. The Kier molecular flexibility index (Phi) is 9.74. The molecule has 224 valence electrons. The maximum Gasteiger partial charge on any atom is 0.326 e. The Morgan fingerprint density at radius 3 is 2.36 bits per heavy atom. The summed E-state index contributed by atoms with van der Waals surface area (Å²) < 4.78 is 48.3. The van der Waals surface area contributed by atoms with Crippen molar-refractivity contribution in [2.45, 2.75) is 56.2 Å². The lowest BCUT2D eigenvalue weighted by molar-refractivity contribution is -0.156. The van der Waals surface area contributed by atoms with Crippen molar-refractivity contribution in [3.05, 3.63) is 78.4 Å². The van der Waals surface area contributed by atoms with Gasteiger partial charge in [-0.05, 0) is 70.0 Å².